The molecule has 10 heteroatoms. The van der Waals surface area contributed by atoms with Gasteiger partial charge < -0.3 is 10.1 Å². The smallest absolute Gasteiger partial charge is 0.326 e. The summed E-state index contributed by atoms with van der Waals surface area (Å²) in [5, 5.41) is 9.73. The van der Waals surface area contributed by atoms with Crippen molar-refractivity contribution < 1.29 is 18.7 Å². The molecule has 3 heterocycles. The molecule has 0 atom stereocenters. The number of anilines is 2. The van der Waals surface area contributed by atoms with Crippen molar-refractivity contribution in [3.8, 4) is 5.88 Å². The van der Waals surface area contributed by atoms with E-state index in [4.69, 9.17) is 16.3 Å². The lowest BCUT2D eigenvalue weighted by Crippen LogP contribution is -2.35. The summed E-state index contributed by atoms with van der Waals surface area (Å²) in [6.07, 6.45) is 3.09. The number of amides is 2. The van der Waals surface area contributed by atoms with Crippen LogP contribution in [0.5, 0.6) is 5.88 Å². The predicted molar refractivity (Wildman–Crippen MR) is 113 cm³/mol. The van der Waals surface area contributed by atoms with Crippen LogP contribution in [0.1, 0.15) is 35.1 Å². The van der Waals surface area contributed by atoms with Crippen LogP contribution in [-0.2, 0) is 13.0 Å². The molecule has 0 aliphatic carbocycles. The normalized spacial score (nSPS) is 12.6. The van der Waals surface area contributed by atoms with Crippen molar-refractivity contribution >= 4 is 34.8 Å². The summed E-state index contributed by atoms with van der Waals surface area (Å²) in [6, 6.07) is 6.63. The summed E-state index contributed by atoms with van der Waals surface area (Å²) in [5.41, 5.74) is 2.75. The molecule has 2 N–H and O–H groups in total. The third-order valence-corrected chi connectivity index (χ3v) is 5.17. The fourth-order valence-corrected chi connectivity index (χ4v) is 3.45. The number of ketones is 1. The second kappa shape index (κ2) is 8.73. The van der Waals surface area contributed by atoms with Crippen LogP contribution in [0.25, 0.3) is 0 Å². The molecule has 0 spiro atoms. The van der Waals surface area contributed by atoms with Crippen molar-refractivity contribution in [3.05, 3.63) is 64.3 Å². The van der Waals surface area contributed by atoms with Crippen LogP contribution in [0.3, 0.4) is 0 Å². The number of hydrogen-bond donors (Lipinski definition) is 2. The summed E-state index contributed by atoms with van der Waals surface area (Å²) in [4.78, 5) is 30.3. The monoisotopic (exact) mass is 443 g/mol. The van der Waals surface area contributed by atoms with E-state index in [1.807, 2.05) is 0 Å². The van der Waals surface area contributed by atoms with Crippen molar-refractivity contribution in [1.29, 1.82) is 0 Å². The van der Waals surface area contributed by atoms with Gasteiger partial charge in [0.25, 0.3) is 0 Å². The van der Waals surface area contributed by atoms with Gasteiger partial charge >= 0.3 is 6.03 Å². The summed E-state index contributed by atoms with van der Waals surface area (Å²) in [6.45, 7) is 2.18. The number of fused-ring (bicyclic) bond motifs is 1. The predicted octanol–water partition coefficient (Wildman–Crippen LogP) is 4.36. The number of benzene rings is 1. The lowest BCUT2D eigenvalue weighted by Gasteiger charge is -2.23. The molecule has 160 valence electrons. The van der Waals surface area contributed by atoms with Crippen LogP contribution >= 0.6 is 11.6 Å². The number of carbonyl (C=O) groups is 2. The summed E-state index contributed by atoms with van der Waals surface area (Å²) in [5.74, 6) is -0.218. The number of carbonyl (C=O) groups excluding carboxylic acids is 2. The molecule has 1 aliphatic rings. The van der Waals surface area contributed by atoms with E-state index < -0.39 is 11.8 Å². The highest BCUT2D eigenvalue weighted by Crippen LogP contribution is 2.28. The first kappa shape index (κ1) is 20.8. The number of Topliss-reactive ketones (excluding diaryl/α,β-unsaturated/α-hetero) is 1. The topological polar surface area (TPSA) is 100 Å². The Labute approximate surface area is 182 Å². The third kappa shape index (κ3) is 4.51. The van der Waals surface area contributed by atoms with Crippen molar-refractivity contribution in [3.63, 3.8) is 0 Å². The fourth-order valence-electron chi connectivity index (χ4n) is 3.27. The second-order valence-electron chi connectivity index (χ2n) is 7.04. The number of nitrogens with zero attached hydrogens (tertiary/aromatic N) is 3. The first-order valence-electron chi connectivity index (χ1n) is 9.62. The van der Waals surface area contributed by atoms with Gasteiger partial charge in [-0.05, 0) is 43.2 Å². The summed E-state index contributed by atoms with van der Waals surface area (Å²) < 4.78 is 19.0. The SMILES string of the molecule is CC(=O)c1ccc(N(Cc2[nH]nc3c2CCCO3)C(=O)Nc2ccc(F)c(Cl)c2)cn1. The lowest BCUT2D eigenvalue weighted by molar-refractivity contribution is 0.101. The van der Waals surface area contributed by atoms with E-state index in [0.717, 1.165) is 24.1 Å². The van der Waals surface area contributed by atoms with Gasteiger partial charge in [-0.2, -0.15) is 0 Å². The van der Waals surface area contributed by atoms with Gasteiger partial charge in [0.05, 0.1) is 35.8 Å². The Hall–Kier alpha value is -3.46. The number of hydrogen-bond acceptors (Lipinski definition) is 5. The highest BCUT2D eigenvalue weighted by atomic mass is 35.5. The van der Waals surface area contributed by atoms with E-state index >= 15 is 0 Å². The van der Waals surface area contributed by atoms with Gasteiger partial charge in [0.15, 0.2) is 5.78 Å². The fraction of sp³-hybridized carbons (Fsp3) is 0.238. The Bertz CT molecular complexity index is 1130. The zero-order valence-electron chi connectivity index (χ0n) is 16.6. The van der Waals surface area contributed by atoms with Gasteiger partial charge in [0.1, 0.15) is 11.5 Å². The van der Waals surface area contributed by atoms with Crippen molar-refractivity contribution in [2.75, 3.05) is 16.8 Å². The molecule has 3 aromatic rings. The highest BCUT2D eigenvalue weighted by molar-refractivity contribution is 6.31. The zero-order chi connectivity index (χ0) is 22.0. The Morgan fingerprint density at radius 2 is 2.16 bits per heavy atom. The minimum atomic E-state index is -0.579. The van der Waals surface area contributed by atoms with Gasteiger partial charge in [0.2, 0.25) is 5.88 Å². The lowest BCUT2D eigenvalue weighted by atomic mass is 10.1. The number of halogens is 2. The zero-order valence-corrected chi connectivity index (χ0v) is 17.4. The number of pyridine rings is 1. The van der Waals surface area contributed by atoms with Crippen molar-refractivity contribution in [2.45, 2.75) is 26.3 Å². The van der Waals surface area contributed by atoms with E-state index in [2.05, 4.69) is 20.5 Å². The molecule has 2 aromatic heterocycles. The number of aromatic nitrogens is 3. The second-order valence-corrected chi connectivity index (χ2v) is 7.45. The molecule has 4 rings (SSSR count). The molecule has 0 saturated heterocycles. The van der Waals surface area contributed by atoms with E-state index in [1.165, 1.54) is 36.2 Å². The Morgan fingerprint density at radius 1 is 1.32 bits per heavy atom. The van der Waals surface area contributed by atoms with E-state index in [0.29, 0.717) is 29.6 Å². The molecule has 31 heavy (non-hydrogen) atoms. The molecule has 0 fully saturated rings. The molecule has 0 saturated carbocycles. The quantitative estimate of drug-likeness (QED) is 0.570. The van der Waals surface area contributed by atoms with E-state index in [1.54, 1.807) is 12.1 Å². The molecular weight excluding hydrogens is 425 g/mol. The number of nitrogens with one attached hydrogen (secondary N) is 2. The van der Waals surface area contributed by atoms with Gasteiger partial charge in [-0.1, -0.05) is 11.6 Å². The van der Waals surface area contributed by atoms with Gasteiger partial charge in [-0.25, -0.2) is 9.18 Å². The highest BCUT2D eigenvalue weighted by Gasteiger charge is 2.24. The number of urea groups is 1. The molecule has 2 amide bonds. The van der Waals surface area contributed by atoms with E-state index in [-0.39, 0.29) is 17.4 Å². The average molecular weight is 444 g/mol. The first-order chi connectivity index (χ1) is 14.9. The largest absolute Gasteiger partial charge is 0.476 e. The van der Waals surface area contributed by atoms with Crippen LogP contribution < -0.4 is 15.0 Å². The molecule has 0 unspecified atom stereocenters. The molecule has 8 nitrogen and oxygen atoms in total. The summed E-state index contributed by atoms with van der Waals surface area (Å²) >= 11 is 5.83. The van der Waals surface area contributed by atoms with Gasteiger partial charge in [-0.3, -0.25) is 19.8 Å². The Kier molecular flexibility index (Phi) is 5.85. The van der Waals surface area contributed by atoms with Crippen LogP contribution in [0.2, 0.25) is 5.02 Å². The van der Waals surface area contributed by atoms with Crippen molar-refractivity contribution in [2.24, 2.45) is 0 Å². The number of aromatic amines is 1. The third-order valence-electron chi connectivity index (χ3n) is 4.88. The molecular formula is C21H19ClFN5O3. The van der Waals surface area contributed by atoms with E-state index in [9.17, 15) is 14.0 Å². The molecule has 0 bridgehead atoms. The maximum atomic E-state index is 13.5. The minimum absolute atomic E-state index is 0.100. The first-order valence-corrected chi connectivity index (χ1v) is 9.99. The number of H-pyrrole nitrogens is 1. The standard InChI is InChI=1S/C21H19ClFN5O3/c1-12(29)18-7-5-14(10-24-18)28(11-19-15-3-2-8-31-20(15)27-26-19)21(30)25-13-4-6-17(23)16(22)9-13/h4-7,9-10H,2-3,8,11H2,1H3,(H,25,30)(H,26,27). The van der Waals surface area contributed by atoms with Gasteiger partial charge in [0, 0.05) is 18.2 Å². The number of ether oxygens (including phenoxy) is 1. The maximum Gasteiger partial charge on any atom is 0.326 e. The van der Waals surface area contributed by atoms with Crippen LogP contribution in [-0.4, -0.2) is 33.6 Å². The Balaban J connectivity index is 1.64. The molecule has 0 radical (unpaired) electrons. The van der Waals surface area contributed by atoms with Gasteiger partial charge in [-0.15, -0.1) is 5.10 Å². The summed E-state index contributed by atoms with van der Waals surface area (Å²) in [7, 11) is 0. The minimum Gasteiger partial charge on any atom is -0.476 e. The van der Waals surface area contributed by atoms with Crippen molar-refractivity contribution in [1.82, 2.24) is 15.2 Å². The average Bonchev–Trinajstić information content (AvgIpc) is 3.17. The Morgan fingerprint density at radius 3 is 2.87 bits per heavy atom. The molecule has 1 aromatic carbocycles. The molecule has 1 aliphatic heterocycles. The number of rotatable bonds is 5. The van der Waals surface area contributed by atoms with Crippen LogP contribution in [0, 0.1) is 5.82 Å². The maximum absolute atomic E-state index is 13.5. The van der Waals surface area contributed by atoms with Crippen LogP contribution in [0.15, 0.2) is 36.5 Å². The van der Waals surface area contributed by atoms with Crippen LogP contribution in [0.4, 0.5) is 20.6 Å².